The summed E-state index contributed by atoms with van der Waals surface area (Å²) in [6.07, 6.45) is 3.83. The lowest BCUT2D eigenvalue weighted by atomic mass is 10.1. The topological polar surface area (TPSA) is 49.7 Å². The molecule has 1 aromatic carbocycles. The number of hydrogen-bond acceptors (Lipinski definition) is 2. The Kier molecular flexibility index (Phi) is 1.80. The van der Waals surface area contributed by atoms with E-state index < -0.39 is 5.97 Å². The molecule has 0 unspecified atom stereocenters. The minimum Gasteiger partial charge on any atom is -0.481 e. The van der Waals surface area contributed by atoms with E-state index in [0.717, 1.165) is 27.4 Å². The number of carboxylic acid groups (broad SMARTS) is 1. The van der Waals surface area contributed by atoms with Gasteiger partial charge in [0.2, 0.25) is 0 Å². The first-order valence-corrected chi connectivity index (χ1v) is 5.07. The molecule has 1 heterocycles. The molecule has 0 aromatic heterocycles. The molecular formula is C13H9NO2. The molecule has 1 aliphatic carbocycles. The molecule has 0 radical (unpaired) electrons. The van der Waals surface area contributed by atoms with Gasteiger partial charge in [0.05, 0.1) is 17.5 Å². The number of carboxylic acids is 1. The van der Waals surface area contributed by atoms with Crippen molar-refractivity contribution in [2.75, 3.05) is 0 Å². The first-order valence-electron chi connectivity index (χ1n) is 5.07. The average Bonchev–Trinajstić information content (AvgIpc) is 2.78. The highest BCUT2D eigenvalue weighted by Crippen LogP contribution is 2.28. The summed E-state index contributed by atoms with van der Waals surface area (Å²) in [5.74, 6) is -0.820. The van der Waals surface area contributed by atoms with Crippen LogP contribution >= 0.6 is 0 Å². The lowest BCUT2D eigenvalue weighted by molar-refractivity contribution is -0.136. The molecule has 1 aliphatic heterocycles. The van der Waals surface area contributed by atoms with E-state index in [-0.39, 0.29) is 6.42 Å². The maximum Gasteiger partial charge on any atom is 0.307 e. The van der Waals surface area contributed by atoms with Crippen LogP contribution < -0.4 is 10.6 Å². The van der Waals surface area contributed by atoms with Crippen molar-refractivity contribution in [1.82, 2.24) is 0 Å². The normalized spacial score (nSPS) is 16.1. The molecule has 0 bridgehead atoms. The van der Waals surface area contributed by atoms with Gasteiger partial charge in [0.1, 0.15) is 0 Å². The number of allylic oxidation sites excluding steroid dienone is 2. The molecular weight excluding hydrogens is 202 g/mol. The standard InChI is InChI=1S/C13H9NO2/c15-12(16)7-8-5-6-10-9-3-1-2-4-11(9)14-13(8)10/h1-6H,7H2,(H,15,16). The third-order valence-electron chi connectivity index (χ3n) is 2.78. The Labute approximate surface area is 91.8 Å². The lowest BCUT2D eigenvalue weighted by Crippen LogP contribution is -2.21. The fourth-order valence-electron chi connectivity index (χ4n) is 2.09. The predicted molar refractivity (Wildman–Crippen MR) is 59.0 cm³/mol. The molecule has 0 amide bonds. The van der Waals surface area contributed by atoms with E-state index in [4.69, 9.17) is 5.11 Å². The fourth-order valence-corrected chi connectivity index (χ4v) is 2.09. The van der Waals surface area contributed by atoms with Gasteiger partial charge in [-0.2, -0.15) is 0 Å². The van der Waals surface area contributed by atoms with Crippen molar-refractivity contribution in [3.05, 3.63) is 58.3 Å². The minimum absolute atomic E-state index is 0.0345. The molecule has 16 heavy (non-hydrogen) atoms. The van der Waals surface area contributed by atoms with Crippen molar-refractivity contribution in [3.8, 4) is 0 Å². The Morgan fingerprint density at radius 3 is 2.88 bits per heavy atom. The Bertz CT molecular complexity index is 665. The smallest absolute Gasteiger partial charge is 0.307 e. The molecule has 3 nitrogen and oxygen atoms in total. The van der Waals surface area contributed by atoms with E-state index in [9.17, 15) is 4.79 Å². The van der Waals surface area contributed by atoms with Gasteiger partial charge in [0, 0.05) is 10.8 Å². The number of para-hydroxylation sites is 1. The summed E-state index contributed by atoms with van der Waals surface area (Å²) in [6.45, 7) is 0. The number of aliphatic carboxylic acids is 1. The van der Waals surface area contributed by atoms with Crippen molar-refractivity contribution in [3.63, 3.8) is 0 Å². The fraction of sp³-hybridized carbons (Fsp3) is 0.0769. The molecule has 0 saturated heterocycles. The van der Waals surface area contributed by atoms with Crippen LogP contribution in [0.5, 0.6) is 0 Å². The van der Waals surface area contributed by atoms with Gasteiger partial charge in [-0.3, -0.25) is 4.79 Å². The second kappa shape index (κ2) is 3.17. The highest BCUT2D eigenvalue weighted by molar-refractivity contribution is 5.84. The van der Waals surface area contributed by atoms with Gasteiger partial charge in [-0.1, -0.05) is 30.4 Å². The van der Waals surface area contributed by atoms with Crippen molar-refractivity contribution < 1.29 is 9.90 Å². The zero-order valence-corrected chi connectivity index (χ0v) is 8.47. The zero-order valence-electron chi connectivity index (χ0n) is 8.47. The molecule has 0 saturated carbocycles. The molecule has 0 spiro atoms. The SMILES string of the molecule is O=C(O)CC1=C2N=c3ccccc3=C2C=C1. The minimum atomic E-state index is -0.820. The van der Waals surface area contributed by atoms with Gasteiger partial charge in [0.25, 0.3) is 0 Å². The van der Waals surface area contributed by atoms with E-state index in [1.165, 1.54) is 0 Å². The van der Waals surface area contributed by atoms with Crippen LogP contribution in [0.15, 0.2) is 52.7 Å². The molecule has 78 valence electrons. The van der Waals surface area contributed by atoms with Crippen LogP contribution in [0.3, 0.4) is 0 Å². The van der Waals surface area contributed by atoms with Gasteiger partial charge >= 0.3 is 5.97 Å². The van der Waals surface area contributed by atoms with E-state index in [1.54, 1.807) is 0 Å². The first-order chi connectivity index (χ1) is 7.75. The van der Waals surface area contributed by atoms with Gasteiger partial charge in [0.15, 0.2) is 0 Å². The maximum absolute atomic E-state index is 10.7. The van der Waals surface area contributed by atoms with Crippen LogP contribution in [-0.4, -0.2) is 11.1 Å². The molecule has 3 rings (SSSR count). The van der Waals surface area contributed by atoms with Crippen molar-refractivity contribution in [2.24, 2.45) is 4.99 Å². The van der Waals surface area contributed by atoms with Gasteiger partial charge < -0.3 is 5.11 Å². The number of nitrogens with zero attached hydrogens (tertiary/aromatic N) is 1. The van der Waals surface area contributed by atoms with Crippen molar-refractivity contribution in [2.45, 2.75) is 6.42 Å². The van der Waals surface area contributed by atoms with Crippen LogP contribution in [-0.2, 0) is 4.79 Å². The Balaban J connectivity index is 2.24. The Hall–Kier alpha value is -2.16. The van der Waals surface area contributed by atoms with Crippen LogP contribution in [0.2, 0.25) is 0 Å². The Morgan fingerprint density at radius 2 is 2.06 bits per heavy atom. The summed E-state index contributed by atoms with van der Waals surface area (Å²) in [5, 5.41) is 10.8. The van der Waals surface area contributed by atoms with E-state index >= 15 is 0 Å². The molecule has 3 heteroatoms. The van der Waals surface area contributed by atoms with Crippen molar-refractivity contribution in [1.29, 1.82) is 0 Å². The lowest BCUT2D eigenvalue weighted by Gasteiger charge is -1.96. The predicted octanol–water partition coefficient (Wildman–Crippen LogP) is 0.769. The summed E-state index contributed by atoms with van der Waals surface area (Å²) < 4.78 is 0. The Morgan fingerprint density at radius 1 is 1.25 bits per heavy atom. The summed E-state index contributed by atoms with van der Waals surface area (Å²) >= 11 is 0. The van der Waals surface area contributed by atoms with E-state index in [2.05, 4.69) is 4.99 Å². The maximum atomic E-state index is 10.7. The van der Waals surface area contributed by atoms with Gasteiger partial charge in [-0.05, 0) is 11.6 Å². The second-order valence-corrected chi connectivity index (χ2v) is 3.82. The largest absolute Gasteiger partial charge is 0.481 e. The highest BCUT2D eigenvalue weighted by Gasteiger charge is 2.20. The third-order valence-corrected chi connectivity index (χ3v) is 2.78. The van der Waals surface area contributed by atoms with Crippen molar-refractivity contribution >= 4 is 11.5 Å². The molecule has 0 atom stereocenters. The molecule has 0 fully saturated rings. The van der Waals surface area contributed by atoms with E-state index in [1.807, 2.05) is 36.4 Å². The first kappa shape index (κ1) is 9.09. The van der Waals surface area contributed by atoms with Crippen LogP contribution in [0.1, 0.15) is 6.42 Å². The second-order valence-electron chi connectivity index (χ2n) is 3.82. The number of hydrogen-bond donors (Lipinski definition) is 1. The van der Waals surface area contributed by atoms with Crippen LogP contribution in [0.4, 0.5) is 0 Å². The summed E-state index contributed by atoms with van der Waals surface area (Å²) in [7, 11) is 0. The van der Waals surface area contributed by atoms with Crippen LogP contribution in [0.25, 0.3) is 5.57 Å². The average molecular weight is 211 g/mol. The zero-order chi connectivity index (χ0) is 11.1. The number of rotatable bonds is 2. The van der Waals surface area contributed by atoms with E-state index in [0.29, 0.717) is 0 Å². The summed E-state index contributed by atoms with van der Waals surface area (Å²) in [4.78, 5) is 15.2. The summed E-state index contributed by atoms with van der Waals surface area (Å²) in [5.41, 5.74) is 2.66. The summed E-state index contributed by atoms with van der Waals surface area (Å²) in [6, 6.07) is 7.85. The third kappa shape index (κ3) is 1.21. The molecule has 2 aliphatic rings. The van der Waals surface area contributed by atoms with Crippen LogP contribution in [0, 0.1) is 0 Å². The quantitative estimate of drug-likeness (QED) is 0.785. The van der Waals surface area contributed by atoms with Gasteiger partial charge in [-0.15, -0.1) is 0 Å². The van der Waals surface area contributed by atoms with Gasteiger partial charge in [-0.25, -0.2) is 4.99 Å². The number of benzene rings is 1. The number of carbonyl (C=O) groups is 1. The molecule has 1 N–H and O–H groups in total. The molecule has 1 aromatic rings. The number of fused-ring (bicyclic) bond motifs is 2. The highest BCUT2D eigenvalue weighted by atomic mass is 16.4. The monoisotopic (exact) mass is 211 g/mol.